The van der Waals surface area contributed by atoms with Crippen LogP contribution in [0.4, 0.5) is 0 Å². The summed E-state index contributed by atoms with van der Waals surface area (Å²) in [6.07, 6.45) is 3.67. The van der Waals surface area contributed by atoms with Crippen LogP contribution in [0.25, 0.3) is 0 Å². The first-order valence-corrected chi connectivity index (χ1v) is 8.60. The topological polar surface area (TPSA) is 62.6 Å². The van der Waals surface area contributed by atoms with Gasteiger partial charge in [-0.15, -0.1) is 0 Å². The van der Waals surface area contributed by atoms with Crippen LogP contribution in [0.5, 0.6) is 0 Å². The Morgan fingerprint density at radius 3 is 2.43 bits per heavy atom. The number of piperidine rings is 1. The summed E-state index contributed by atoms with van der Waals surface area (Å²) in [5, 5.41) is 0. The molecule has 0 radical (unpaired) electrons. The van der Waals surface area contributed by atoms with Gasteiger partial charge < -0.3 is 4.57 Å². The van der Waals surface area contributed by atoms with E-state index in [0.717, 1.165) is 36.2 Å². The highest BCUT2D eigenvalue weighted by molar-refractivity contribution is 7.89. The summed E-state index contributed by atoms with van der Waals surface area (Å²) in [7, 11) is -0.545. The second-order valence-corrected chi connectivity index (χ2v) is 8.05. The molecule has 2 heterocycles. The summed E-state index contributed by atoms with van der Waals surface area (Å²) >= 11 is 0. The molecule has 0 saturated carbocycles. The van der Waals surface area contributed by atoms with Crippen molar-refractivity contribution >= 4 is 10.0 Å². The molecule has 0 amide bonds. The van der Waals surface area contributed by atoms with Gasteiger partial charge in [0.05, 0.1) is 11.6 Å². The standard InChI is InChI=1S/C14H23N3O3S/c1-12-6-8-16(9-7-12)11-17-10-13(4-5-14(17)18)21(19,20)15(2)3/h4-5,10,12H,6-9,11H2,1-3H3. The smallest absolute Gasteiger partial charge is 0.251 e. The number of pyridine rings is 1. The average molecular weight is 313 g/mol. The number of sulfonamides is 1. The maximum atomic E-state index is 12.1. The molecular formula is C14H23N3O3S. The highest BCUT2D eigenvalue weighted by atomic mass is 32.2. The summed E-state index contributed by atoms with van der Waals surface area (Å²) in [4.78, 5) is 14.3. The number of likely N-dealkylation sites (tertiary alicyclic amines) is 1. The Morgan fingerprint density at radius 2 is 1.86 bits per heavy atom. The summed E-state index contributed by atoms with van der Waals surface area (Å²) in [5.41, 5.74) is -0.175. The first-order chi connectivity index (χ1) is 9.80. The van der Waals surface area contributed by atoms with Crippen molar-refractivity contribution in [3.63, 3.8) is 0 Å². The molecule has 1 saturated heterocycles. The van der Waals surface area contributed by atoms with Crippen LogP contribution in [0.2, 0.25) is 0 Å². The van der Waals surface area contributed by atoms with Crippen molar-refractivity contribution in [2.75, 3.05) is 27.2 Å². The largest absolute Gasteiger partial charge is 0.301 e. The molecule has 118 valence electrons. The second kappa shape index (κ2) is 6.29. The van der Waals surface area contributed by atoms with Gasteiger partial charge in [-0.2, -0.15) is 0 Å². The molecule has 1 fully saturated rings. The van der Waals surface area contributed by atoms with Gasteiger partial charge in [-0.1, -0.05) is 6.92 Å². The van der Waals surface area contributed by atoms with Crippen LogP contribution >= 0.6 is 0 Å². The molecule has 6 nitrogen and oxygen atoms in total. The first-order valence-electron chi connectivity index (χ1n) is 7.16. The number of aromatic nitrogens is 1. The lowest BCUT2D eigenvalue weighted by molar-refractivity contribution is 0.151. The van der Waals surface area contributed by atoms with Gasteiger partial charge in [-0.3, -0.25) is 9.69 Å². The van der Waals surface area contributed by atoms with Crippen molar-refractivity contribution in [3.05, 3.63) is 28.7 Å². The molecule has 0 aliphatic carbocycles. The van der Waals surface area contributed by atoms with E-state index in [1.54, 1.807) is 0 Å². The van der Waals surface area contributed by atoms with E-state index < -0.39 is 10.0 Å². The fraction of sp³-hybridized carbons (Fsp3) is 0.643. The second-order valence-electron chi connectivity index (χ2n) is 5.90. The van der Waals surface area contributed by atoms with E-state index in [1.807, 2.05) is 0 Å². The Kier molecular flexibility index (Phi) is 4.85. The summed E-state index contributed by atoms with van der Waals surface area (Å²) in [6.45, 7) is 4.56. The van der Waals surface area contributed by atoms with Crippen LogP contribution in [0, 0.1) is 5.92 Å². The van der Waals surface area contributed by atoms with Crippen molar-refractivity contribution in [1.29, 1.82) is 0 Å². The Labute approximate surface area is 126 Å². The molecule has 1 aromatic heterocycles. The van der Waals surface area contributed by atoms with Crippen molar-refractivity contribution in [2.45, 2.75) is 31.3 Å². The van der Waals surface area contributed by atoms with Gasteiger partial charge in [0.1, 0.15) is 0 Å². The Morgan fingerprint density at radius 1 is 1.24 bits per heavy atom. The van der Waals surface area contributed by atoms with Gasteiger partial charge in [-0.25, -0.2) is 12.7 Å². The van der Waals surface area contributed by atoms with Gasteiger partial charge >= 0.3 is 0 Å². The van der Waals surface area contributed by atoms with Crippen LogP contribution in [0.1, 0.15) is 19.8 Å². The van der Waals surface area contributed by atoms with Gasteiger partial charge in [-0.05, 0) is 24.8 Å². The Bertz CT molecular complexity index is 644. The zero-order chi connectivity index (χ0) is 15.6. The van der Waals surface area contributed by atoms with Crippen molar-refractivity contribution < 1.29 is 8.42 Å². The Hall–Kier alpha value is -1.18. The van der Waals surface area contributed by atoms with E-state index in [0.29, 0.717) is 6.67 Å². The van der Waals surface area contributed by atoms with E-state index in [9.17, 15) is 13.2 Å². The van der Waals surface area contributed by atoms with Gasteiger partial charge in [0.2, 0.25) is 10.0 Å². The molecule has 2 rings (SSSR count). The van der Waals surface area contributed by atoms with Gasteiger partial charge in [0, 0.05) is 39.4 Å². The molecule has 0 aromatic carbocycles. The summed E-state index contributed by atoms with van der Waals surface area (Å²) in [5.74, 6) is 0.721. The Balaban J connectivity index is 2.22. The third-order valence-electron chi connectivity index (χ3n) is 3.96. The number of hydrogen-bond donors (Lipinski definition) is 0. The zero-order valence-electron chi connectivity index (χ0n) is 12.8. The van der Waals surface area contributed by atoms with E-state index in [4.69, 9.17) is 0 Å². The van der Waals surface area contributed by atoms with E-state index in [-0.39, 0.29) is 10.5 Å². The molecular weight excluding hydrogens is 290 g/mol. The molecule has 21 heavy (non-hydrogen) atoms. The van der Waals surface area contributed by atoms with Crippen molar-refractivity contribution in [2.24, 2.45) is 5.92 Å². The normalized spacial score (nSPS) is 18.3. The quantitative estimate of drug-likeness (QED) is 0.824. The van der Waals surface area contributed by atoms with Crippen LogP contribution in [0.3, 0.4) is 0 Å². The predicted octanol–water partition coefficient (Wildman–Crippen LogP) is 0.788. The lowest BCUT2D eigenvalue weighted by atomic mass is 10.00. The SMILES string of the molecule is CC1CCN(Cn2cc(S(=O)(=O)N(C)C)ccc2=O)CC1. The van der Waals surface area contributed by atoms with Crippen LogP contribution in [-0.4, -0.2) is 49.4 Å². The molecule has 1 aromatic rings. The maximum absolute atomic E-state index is 12.1. The average Bonchev–Trinajstić information content (AvgIpc) is 2.43. The zero-order valence-corrected chi connectivity index (χ0v) is 13.6. The number of nitrogens with zero attached hydrogens (tertiary/aromatic N) is 3. The third-order valence-corrected chi connectivity index (χ3v) is 5.76. The molecule has 0 atom stereocenters. The maximum Gasteiger partial charge on any atom is 0.251 e. The van der Waals surface area contributed by atoms with Gasteiger partial charge in [0.25, 0.3) is 5.56 Å². The van der Waals surface area contributed by atoms with E-state index in [1.165, 1.54) is 37.0 Å². The fourth-order valence-corrected chi connectivity index (χ4v) is 3.32. The molecule has 0 N–H and O–H groups in total. The predicted molar refractivity (Wildman–Crippen MR) is 81.5 cm³/mol. The first kappa shape index (κ1) is 16.2. The van der Waals surface area contributed by atoms with Crippen molar-refractivity contribution in [1.82, 2.24) is 13.8 Å². The molecule has 7 heteroatoms. The summed E-state index contributed by atoms with van der Waals surface area (Å²) in [6, 6.07) is 2.69. The van der Waals surface area contributed by atoms with Crippen LogP contribution < -0.4 is 5.56 Å². The monoisotopic (exact) mass is 313 g/mol. The number of rotatable bonds is 4. The lowest BCUT2D eigenvalue weighted by Crippen LogP contribution is -2.37. The van der Waals surface area contributed by atoms with Gasteiger partial charge in [0.15, 0.2) is 0 Å². The van der Waals surface area contributed by atoms with Crippen molar-refractivity contribution in [3.8, 4) is 0 Å². The summed E-state index contributed by atoms with van der Waals surface area (Å²) < 4.78 is 26.9. The molecule has 1 aliphatic heterocycles. The third kappa shape index (κ3) is 3.72. The lowest BCUT2D eigenvalue weighted by Gasteiger charge is -2.30. The highest BCUT2D eigenvalue weighted by Gasteiger charge is 2.20. The minimum Gasteiger partial charge on any atom is -0.301 e. The molecule has 0 bridgehead atoms. The van der Waals surface area contributed by atoms with E-state index in [2.05, 4.69) is 11.8 Å². The van der Waals surface area contributed by atoms with E-state index >= 15 is 0 Å². The van der Waals surface area contributed by atoms with Crippen LogP contribution in [-0.2, 0) is 16.7 Å². The molecule has 0 unspecified atom stereocenters. The fourth-order valence-electron chi connectivity index (χ4n) is 2.40. The highest BCUT2D eigenvalue weighted by Crippen LogP contribution is 2.16. The van der Waals surface area contributed by atoms with Crippen LogP contribution in [0.15, 0.2) is 28.0 Å². The molecule has 0 spiro atoms. The number of hydrogen-bond acceptors (Lipinski definition) is 4. The molecule has 1 aliphatic rings. The minimum absolute atomic E-state index is 0.150. The minimum atomic E-state index is -3.51.